The third kappa shape index (κ3) is 2.49. The van der Waals surface area contributed by atoms with Crippen LogP contribution in [0.25, 0.3) is 0 Å². The molecule has 1 amide bonds. The van der Waals surface area contributed by atoms with Gasteiger partial charge in [-0.2, -0.15) is 0 Å². The Hall–Kier alpha value is -2.14. The summed E-state index contributed by atoms with van der Waals surface area (Å²) in [6.45, 7) is 4.84. The Balaban J connectivity index is 1.52. The standard InChI is InChI=1S/C20H23NO4/c1-3-13(2)21-12-20-10-9-15(25-20)16(17(20)18(21)22)19(23)24-11-14-7-5-4-6-8-14/h4-10,13,15-17H,3,11-12H2,1-2H3/t13-,15+,16+,17+,20-/m0/s1. The number of amides is 1. The fraction of sp³-hybridized carbons (Fsp3) is 0.500. The summed E-state index contributed by atoms with van der Waals surface area (Å²) in [6.07, 6.45) is 4.42. The van der Waals surface area contributed by atoms with Crippen LogP contribution in [0.2, 0.25) is 0 Å². The van der Waals surface area contributed by atoms with Crippen molar-refractivity contribution in [2.45, 2.75) is 44.6 Å². The second kappa shape index (κ2) is 5.99. The smallest absolute Gasteiger partial charge is 0.313 e. The predicted molar refractivity (Wildman–Crippen MR) is 91.4 cm³/mol. The molecule has 25 heavy (non-hydrogen) atoms. The molecular formula is C20H23NO4. The van der Waals surface area contributed by atoms with Gasteiger partial charge in [-0.1, -0.05) is 49.4 Å². The second-order valence-electron chi connectivity index (χ2n) is 7.22. The first-order valence-electron chi connectivity index (χ1n) is 8.94. The zero-order valence-electron chi connectivity index (χ0n) is 14.6. The van der Waals surface area contributed by atoms with Crippen molar-refractivity contribution in [1.29, 1.82) is 0 Å². The van der Waals surface area contributed by atoms with Gasteiger partial charge in [-0.05, 0) is 18.9 Å². The summed E-state index contributed by atoms with van der Waals surface area (Å²) in [7, 11) is 0. The Morgan fingerprint density at radius 2 is 2.16 bits per heavy atom. The molecular weight excluding hydrogens is 318 g/mol. The summed E-state index contributed by atoms with van der Waals surface area (Å²) in [4.78, 5) is 27.6. The first kappa shape index (κ1) is 16.3. The molecule has 3 aliphatic heterocycles. The van der Waals surface area contributed by atoms with Crippen molar-refractivity contribution in [3.8, 4) is 0 Å². The van der Waals surface area contributed by atoms with E-state index in [4.69, 9.17) is 9.47 Å². The maximum Gasteiger partial charge on any atom is 0.313 e. The summed E-state index contributed by atoms with van der Waals surface area (Å²) in [6, 6.07) is 9.71. The molecule has 0 N–H and O–H groups in total. The van der Waals surface area contributed by atoms with Crippen molar-refractivity contribution in [2.75, 3.05) is 6.54 Å². The monoisotopic (exact) mass is 341 g/mol. The summed E-state index contributed by atoms with van der Waals surface area (Å²) < 4.78 is 11.6. The molecule has 0 saturated carbocycles. The zero-order valence-corrected chi connectivity index (χ0v) is 14.6. The number of hydrogen-bond donors (Lipinski definition) is 0. The number of nitrogens with zero attached hydrogens (tertiary/aromatic N) is 1. The van der Waals surface area contributed by atoms with Crippen LogP contribution < -0.4 is 0 Å². The fourth-order valence-electron chi connectivity index (χ4n) is 4.22. The normalized spacial score (nSPS) is 33.6. The van der Waals surface area contributed by atoms with Gasteiger partial charge in [0.2, 0.25) is 5.91 Å². The second-order valence-corrected chi connectivity index (χ2v) is 7.22. The minimum atomic E-state index is -0.651. The molecule has 0 radical (unpaired) electrons. The Bertz CT molecular complexity index is 716. The molecule has 5 atom stereocenters. The van der Waals surface area contributed by atoms with Gasteiger partial charge in [-0.3, -0.25) is 9.59 Å². The maximum atomic E-state index is 13.0. The van der Waals surface area contributed by atoms with Gasteiger partial charge >= 0.3 is 5.97 Å². The van der Waals surface area contributed by atoms with E-state index in [1.54, 1.807) is 0 Å². The third-order valence-corrected chi connectivity index (χ3v) is 5.75. The molecule has 132 valence electrons. The summed E-state index contributed by atoms with van der Waals surface area (Å²) in [5.74, 6) is -1.33. The number of carbonyl (C=O) groups is 2. The fourth-order valence-corrected chi connectivity index (χ4v) is 4.22. The SMILES string of the molecule is CC[C@H](C)N1C[C@]23C=C[C@@H](O2)[C@@H](C(=O)OCc2ccccc2)[C@@H]3C1=O. The molecule has 5 heteroatoms. The number of carbonyl (C=O) groups excluding carboxylic acids is 2. The highest BCUT2D eigenvalue weighted by Gasteiger charge is 2.67. The molecule has 0 aromatic heterocycles. The van der Waals surface area contributed by atoms with E-state index in [-0.39, 0.29) is 30.6 Å². The molecule has 1 aromatic rings. The van der Waals surface area contributed by atoms with E-state index in [9.17, 15) is 9.59 Å². The number of hydrogen-bond acceptors (Lipinski definition) is 4. The highest BCUT2D eigenvalue weighted by Crippen LogP contribution is 2.52. The molecule has 2 fully saturated rings. The molecule has 1 spiro atoms. The van der Waals surface area contributed by atoms with Crippen molar-refractivity contribution in [3.05, 3.63) is 48.0 Å². The van der Waals surface area contributed by atoms with Gasteiger partial charge in [0.25, 0.3) is 0 Å². The number of benzene rings is 1. The van der Waals surface area contributed by atoms with Crippen LogP contribution in [0, 0.1) is 11.8 Å². The number of ether oxygens (including phenoxy) is 2. The largest absolute Gasteiger partial charge is 0.460 e. The molecule has 0 aliphatic carbocycles. The molecule has 1 aromatic carbocycles. The topological polar surface area (TPSA) is 55.8 Å². The molecule has 0 unspecified atom stereocenters. The highest BCUT2D eigenvalue weighted by atomic mass is 16.6. The van der Waals surface area contributed by atoms with Gasteiger partial charge in [0.05, 0.1) is 18.6 Å². The highest BCUT2D eigenvalue weighted by molar-refractivity contribution is 5.91. The van der Waals surface area contributed by atoms with E-state index < -0.39 is 17.4 Å². The predicted octanol–water partition coefficient (Wildman–Crippen LogP) is 2.31. The number of likely N-dealkylation sites (tertiary alicyclic amines) is 1. The lowest BCUT2D eigenvalue weighted by atomic mass is 9.77. The van der Waals surface area contributed by atoms with Gasteiger partial charge in [0.1, 0.15) is 18.1 Å². The van der Waals surface area contributed by atoms with Crippen LogP contribution in [0.4, 0.5) is 0 Å². The minimum Gasteiger partial charge on any atom is -0.460 e. The van der Waals surface area contributed by atoms with Crippen LogP contribution in [-0.2, 0) is 25.7 Å². The van der Waals surface area contributed by atoms with E-state index in [1.807, 2.05) is 54.3 Å². The van der Waals surface area contributed by atoms with E-state index in [0.717, 1.165) is 12.0 Å². The van der Waals surface area contributed by atoms with Crippen LogP contribution in [0.1, 0.15) is 25.8 Å². The zero-order chi connectivity index (χ0) is 17.6. The lowest BCUT2D eigenvalue weighted by Crippen LogP contribution is -2.41. The number of esters is 1. The van der Waals surface area contributed by atoms with Crippen LogP contribution in [0.5, 0.6) is 0 Å². The van der Waals surface area contributed by atoms with Crippen molar-refractivity contribution in [2.24, 2.45) is 11.8 Å². The molecule has 4 rings (SSSR count). The summed E-state index contributed by atoms with van der Waals surface area (Å²) in [5.41, 5.74) is 0.283. The van der Waals surface area contributed by atoms with Gasteiger partial charge in [-0.15, -0.1) is 0 Å². The van der Waals surface area contributed by atoms with E-state index in [0.29, 0.717) is 6.54 Å². The first-order chi connectivity index (χ1) is 12.1. The molecule has 3 aliphatic rings. The van der Waals surface area contributed by atoms with Gasteiger partial charge in [0, 0.05) is 6.04 Å². The average Bonchev–Trinajstić information content (AvgIpc) is 3.28. The Morgan fingerprint density at radius 1 is 1.40 bits per heavy atom. The van der Waals surface area contributed by atoms with Crippen molar-refractivity contribution in [3.63, 3.8) is 0 Å². The third-order valence-electron chi connectivity index (χ3n) is 5.75. The number of rotatable bonds is 5. The average molecular weight is 341 g/mol. The van der Waals surface area contributed by atoms with Gasteiger partial charge < -0.3 is 14.4 Å². The van der Waals surface area contributed by atoms with Crippen LogP contribution in [-0.4, -0.2) is 41.1 Å². The first-order valence-corrected chi connectivity index (χ1v) is 8.94. The number of fused-ring (bicyclic) bond motifs is 1. The van der Waals surface area contributed by atoms with Crippen molar-refractivity contribution < 1.29 is 19.1 Å². The van der Waals surface area contributed by atoms with E-state index >= 15 is 0 Å². The summed E-state index contributed by atoms with van der Waals surface area (Å²) >= 11 is 0. The Labute approximate surface area is 147 Å². The minimum absolute atomic E-state index is 0.0165. The lowest BCUT2D eigenvalue weighted by Gasteiger charge is -2.26. The van der Waals surface area contributed by atoms with Crippen LogP contribution in [0.3, 0.4) is 0 Å². The molecule has 2 bridgehead atoms. The van der Waals surface area contributed by atoms with Gasteiger partial charge in [0.15, 0.2) is 0 Å². The Morgan fingerprint density at radius 3 is 2.88 bits per heavy atom. The van der Waals surface area contributed by atoms with E-state index in [2.05, 4.69) is 6.92 Å². The van der Waals surface area contributed by atoms with Crippen LogP contribution >= 0.6 is 0 Å². The van der Waals surface area contributed by atoms with Crippen molar-refractivity contribution >= 4 is 11.9 Å². The summed E-state index contributed by atoms with van der Waals surface area (Å²) in [5, 5.41) is 0. The molecule has 2 saturated heterocycles. The maximum absolute atomic E-state index is 13.0. The van der Waals surface area contributed by atoms with Crippen molar-refractivity contribution in [1.82, 2.24) is 4.90 Å². The molecule has 3 heterocycles. The van der Waals surface area contributed by atoms with Gasteiger partial charge in [-0.25, -0.2) is 0 Å². The quantitative estimate of drug-likeness (QED) is 0.609. The van der Waals surface area contributed by atoms with E-state index in [1.165, 1.54) is 0 Å². The molecule has 5 nitrogen and oxygen atoms in total. The Kier molecular flexibility index (Phi) is 3.91. The lowest BCUT2D eigenvalue weighted by molar-refractivity contribution is -0.155. The van der Waals surface area contributed by atoms with Crippen LogP contribution in [0.15, 0.2) is 42.5 Å².